The molecule has 2 aromatic rings. The summed E-state index contributed by atoms with van der Waals surface area (Å²) in [6.45, 7) is 3.09. The van der Waals surface area contributed by atoms with Crippen LogP contribution in [0.25, 0.3) is 0 Å². The lowest BCUT2D eigenvalue weighted by Gasteiger charge is -2.58. The molecule has 2 fully saturated rings. The molecule has 2 aliphatic carbocycles. The number of nitrogens with zero attached hydrogens (tertiary/aromatic N) is 1. The van der Waals surface area contributed by atoms with E-state index in [1.807, 2.05) is 41.3 Å². The zero-order valence-electron chi connectivity index (χ0n) is 22.0. The average molecular weight is 506 g/mol. The number of likely N-dealkylation sites (tertiary alicyclic amines) is 1. The minimum Gasteiger partial charge on any atom is -0.457 e. The predicted molar refractivity (Wildman–Crippen MR) is 141 cm³/mol. The zero-order valence-corrected chi connectivity index (χ0v) is 22.0. The van der Waals surface area contributed by atoms with Crippen LogP contribution in [0.4, 0.5) is 4.79 Å². The van der Waals surface area contributed by atoms with E-state index >= 15 is 0 Å². The van der Waals surface area contributed by atoms with Gasteiger partial charge in [-0.05, 0) is 66.8 Å². The number of carbonyl (C=O) groups excluding carboxylic acids is 2. The van der Waals surface area contributed by atoms with Crippen LogP contribution in [0.3, 0.4) is 0 Å². The fraction of sp³-hybridized carbons (Fsp3) is 0.548. The van der Waals surface area contributed by atoms with Crippen molar-refractivity contribution < 1.29 is 23.8 Å². The second-order valence-corrected chi connectivity index (χ2v) is 10.8. The number of fused-ring (bicyclic) bond motifs is 1. The van der Waals surface area contributed by atoms with Crippen LogP contribution in [0, 0.1) is 5.92 Å². The minimum absolute atomic E-state index is 0.0518. The number of hydrogen-bond acceptors (Lipinski definition) is 5. The molecule has 0 N–H and O–H groups in total. The van der Waals surface area contributed by atoms with Crippen LogP contribution in [0.1, 0.15) is 81.4 Å². The van der Waals surface area contributed by atoms with E-state index in [0.717, 1.165) is 56.3 Å². The lowest BCUT2D eigenvalue weighted by molar-refractivity contribution is -0.150. The number of esters is 1. The third-order valence-corrected chi connectivity index (χ3v) is 8.68. The van der Waals surface area contributed by atoms with Gasteiger partial charge in [0, 0.05) is 24.4 Å². The summed E-state index contributed by atoms with van der Waals surface area (Å²) >= 11 is 0. The zero-order chi connectivity index (χ0) is 25.7. The van der Waals surface area contributed by atoms with Gasteiger partial charge in [0.15, 0.2) is 0 Å². The lowest BCUT2D eigenvalue weighted by Crippen LogP contribution is -2.62. The summed E-state index contributed by atoms with van der Waals surface area (Å²) < 4.78 is 16.9. The smallest absolute Gasteiger partial charge is 0.410 e. The van der Waals surface area contributed by atoms with Gasteiger partial charge in [0.2, 0.25) is 6.79 Å². The van der Waals surface area contributed by atoms with Gasteiger partial charge in [-0.25, -0.2) is 4.79 Å². The van der Waals surface area contributed by atoms with Crippen LogP contribution in [0.5, 0.6) is 5.75 Å². The maximum Gasteiger partial charge on any atom is 0.410 e. The van der Waals surface area contributed by atoms with Crippen LogP contribution in [-0.4, -0.2) is 36.3 Å². The number of piperidine rings is 1. The molecule has 0 radical (unpaired) electrons. The SMILES string of the molecule is CCCCCC(=O)OCOc1ccc2c(c1)[C@]13CCCC[C@@H]1[C@H](C2)N(C(=O)OCc1ccccc1)CC3. The second-order valence-electron chi connectivity index (χ2n) is 10.8. The number of benzene rings is 2. The van der Waals surface area contributed by atoms with E-state index in [0.29, 0.717) is 25.5 Å². The first-order valence-electron chi connectivity index (χ1n) is 14.0. The van der Waals surface area contributed by atoms with Gasteiger partial charge in [-0.3, -0.25) is 4.79 Å². The molecule has 0 aromatic heterocycles. The van der Waals surface area contributed by atoms with Gasteiger partial charge in [-0.1, -0.05) is 69.0 Å². The summed E-state index contributed by atoms with van der Waals surface area (Å²) in [4.78, 5) is 27.1. The molecule has 1 amide bonds. The monoisotopic (exact) mass is 505 g/mol. The molecule has 6 heteroatoms. The molecule has 1 heterocycles. The Bertz CT molecular complexity index is 1090. The van der Waals surface area contributed by atoms with Crippen LogP contribution in [-0.2, 0) is 32.7 Å². The number of amides is 1. The van der Waals surface area contributed by atoms with Gasteiger partial charge in [-0.15, -0.1) is 0 Å². The first-order chi connectivity index (χ1) is 18.1. The molecular formula is C31H39NO5. The lowest BCUT2D eigenvalue weighted by atomic mass is 9.52. The summed E-state index contributed by atoms with van der Waals surface area (Å²) in [6.07, 6.45) is 9.69. The molecule has 5 rings (SSSR count). The Balaban J connectivity index is 1.27. The Morgan fingerprint density at radius 2 is 1.89 bits per heavy atom. The van der Waals surface area contributed by atoms with Gasteiger partial charge in [0.05, 0.1) is 0 Å². The van der Waals surface area contributed by atoms with E-state index in [-0.39, 0.29) is 30.3 Å². The van der Waals surface area contributed by atoms with Crippen molar-refractivity contribution in [3.05, 3.63) is 65.2 Å². The standard InChI is InChI=1S/C31H39NO5/c1-2-3-5-13-29(33)37-22-36-25-15-14-24-19-28-26-12-8-9-16-31(26,27(24)20-25)17-18-32(28)30(34)35-21-23-10-6-4-7-11-23/h4,6-7,10-11,14-15,20,26,28H,2-3,5,8-9,12-13,16-19,21-22H2,1H3/t26-,28+,31+/m1/s1. The normalized spacial score (nSPS) is 24.0. The Hall–Kier alpha value is -3.02. The number of hydrogen-bond donors (Lipinski definition) is 0. The number of unbranched alkanes of at least 4 members (excludes halogenated alkanes) is 2. The maximum atomic E-state index is 13.2. The summed E-state index contributed by atoms with van der Waals surface area (Å²) in [5.74, 6) is 0.979. The molecule has 0 unspecified atom stereocenters. The molecule has 37 heavy (non-hydrogen) atoms. The van der Waals surface area contributed by atoms with E-state index in [9.17, 15) is 9.59 Å². The van der Waals surface area contributed by atoms with Crippen LogP contribution in [0.2, 0.25) is 0 Å². The van der Waals surface area contributed by atoms with Crippen molar-refractivity contribution >= 4 is 12.1 Å². The topological polar surface area (TPSA) is 65.1 Å². The highest BCUT2D eigenvalue weighted by molar-refractivity contribution is 5.69. The number of carbonyl (C=O) groups is 2. The molecule has 0 spiro atoms. The summed E-state index contributed by atoms with van der Waals surface area (Å²) in [5.41, 5.74) is 3.75. The van der Waals surface area contributed by atoms with E-state index in [4.69, 9.17) is 14.2 Å². The number of ether oxygens (including phenoxy) is 3. The molecule has 1 aliphatic heterocycles. The van der Waals surface area contributed by atoms with E-state index in [1.165, 1.54) is 24.0 Å². The molecular weight excluding hydrogens is 466 g/mol. The Kier molecular flexibility index (Phi) is 8.02. The molecule has 1 saturated heterocycles. The third kappa shape index (κ3) is 5.48. The van der Waals surface area contributed by atoms with Crippen molar-refractivity contribution in [2.75, 3.05) is 13.3 Å². The summed E-state index contributed by atoms with van der Waals surface area (Å²) in [7, 11) is 0. The highest BCUT2D eigenvalue weighted by atomic mass is 16.7. The molecule has 198 valence electrons. The first kappa shape index (κ1) is 25.6. The second kappa shape index (κ2) is 11.6. The molecule has 2 bridgehead atoms. The van der Waals surface area contributed by atoms with E-state index in [2.05, 4.69) is 19.1 Å². The molecule has 2 aromatic carbocycles. The van der Waals surface area contributed by atoms with E-state index < -0.39 is 0 Å². The largest absolute Gasteiger partial charge is 0.457 e. The van der Waals surface area contributed by atoms with Crippen molar-refractivity contribution in [2.24, 2.45) is 5.92 Å². The van der Waals surface area contributed by atoms with Crippen molar-refractivity contribution in [3.63, 3.8) is 0 Å². The van der Waals surface area contributed by atoms with Gasteiger partial charge in [-0.2, -0.15) is 0 Å². The summed E-state index contributed by atoms with van der Waals surface area (Å²) in [6, 6.07) is 16.3. The van der Waals surface area contributed by atoms with Crippen molar-refractivity contribution in [1.82, 2.24) is 4.90 Å². The summed E-state index contributed by atoms with van der Waals surface area (Å²) in [5, 5.41) is 0. The maximum absolute atomic E-state index is 13.2. The first-order valence-corrected chi connectivity index (χ1v) is 14.0. The van der Waals surface area contributed by atoms with Crippen LogP contribution in [0.15, 0.2) is 48.5 Å². The average Bonchev–Trinajstić information content (AvgIpc) is 2.93. The molecule has 3 aliphatic rings. The number of rotatable bonds is 9. The predicted octanol–water partition coefficient (Wildman–Crippen LogP) is 6.54. The quantitative estimate of drug-likeness (QED) is 0.220. The molecule has 6 nitrogen and oxygen atoms in total. The fourth-order valence-electron chi connectivity index (χ4n) is 6.86. The molecule has 1 saturated carbocycles. The Labute approximate surface area is 220 Å². The Morgan fingerprint density at radius 3 is 2.73 bits per heavy atom. The van der Waals surface area contributed by atoms with Crippen LogP contribution >= 0.6 is 0 Å². The van der Waals surface area contributed by atoms with Gasteiger partial charge >= 0.3 is 12.1 Å². The van der Waals surface area contributed by atoms with Crippen molar-refractivity contribution in [1.29, 1.82) is 0 Å². The highest BCUT2D eigenvalue weighted by Crippen LogP contribution is 2.56. The van der Waals surface area contributed by atoms with Crippen molar-refractivity contribution in [3.8, 4) is 5.75 Å². The third-order valence-electron chi connectivity index (χ3n) is 8.68. The minimum atomic E-state index is -0.202. The van der Waals surface area contributed by atoms with E-state index in [1.54, 1.807) is 0 Å². The van der Waals surface area contributed by atoms with Gasteiger partial charge in [0.1, 0.15) is 12.4 Å². The Morgan fingerprint density at radius 1 is 1.03 bits per heavy atom. The van der Waals surface area contributed by atoms with Crippen LogP contribution < -0.4 is 4.74 Å². The van der Waals surface area contributed by atoms with Gasteiger partial charge < -0.3 is 19.1 Å². The van der Waals surface area contributed by atoms with Gasteiger partial charge in [0.25, 0.3) is 0 Å². The van der Waals surface area contributed by atoms with Crippen molar-refractivity contribution in [2.45, 2.75) is 89.2 Å². The molecule has 3 atom stereocenters. The fourth-order valence-corrected chi connectivity index (χ4v) is 6.86. The highest BCUT2D eigenvalue weighted by Gasteiger charge is 2.55.